The predicted molar refractivity (Wildman–Crippen MR) is 114 cm³/mol. The predicted octanol–water partition coefficient (Wildman–Crippen LogP) is 4.76. The molecule has 1 aliphatic carbocycles. The number of amides is 1. The molecule has 0 bridgehead atoms. The summed E-state index contributed by atoms with van der Waals surface area (Å²) < 4.78 is 6.30. The zero-order valence-corrected chi connectivity index (χ0v) is 17.3. The molecule has 0 aliphatic heterocycles. The fourth-order valence-electron chi connectivity index (χ4n) is 4.00. The third-order valence-corrected chi connectivity index (χ3v) is 5.47. The first kappa shape index (κ1) is 20.4. The molecule has 28 heavy (non-hydrogen) atoms. The Balaban J connectivity index is 1.52. The van der Waals surface area contributed by atoms with Gasteiger partial charge in [0.25, 0.3) is 0 Å². The Morgan fingerprint density at radius 3 is 2.75 bits per heavy atom. The molecule has 1 aromatic carbocycles. The topological polar surface area (TPSA) is 77.2 Å². The third kappa shape index (κ3) is 5.37. The Morgan fingerprint density at radius 1 is 1.29 bits per heavy atom. The van der Waals surface area contributed by atoms with E-state index >= 15 is 0 Å². The number of nitrogens with zero attached hydrogens (tertiary/aromatic N) is 1. The van der Waals surface area contributed by atoms with Crippen molar-refractivity contribution < 1.29 is 9.53 Å². The molecular formula is C23H33N3O2. The van der Waals surface area contributed by atoms with E-state index in [2.05, 4.69) is 24.1 Å². The lowest BCUT2D eigenvalue weighted by Gasteiger charge is -2.30. The van der Waals surface area contributed by atoms with Gasteiger partial charge >= 0.3 is 0 Å². The summed E-state index contributed by atoms with van der Waals surface area (Å²) in [5, 5.41) is 4.09. The van der Waals surface area contributed by atoms with Gasteiger partial charge in [0.1, 0.15) is 5.75 Å². The normalized spacial score (nSPS) is 19.7. The molecular weight excluding hydrogens is 350 g/mol. The van der Waals surface area contributed by atoms with Crippen LogP contribution >= 0.6 is 0 Å². The number of aromatic nitrogens is 1. The fraction of sp³-hybridized carbons (Fsp3) is 0.565. The summed E-state index contributed by atoms with van der Waals surface area (Å²) in [7, 11) is 0. The quantitative estimate of drug-likeness (QED) is 0.723. The van der Waals surface area contributed by atoms with E-state index in [1.165, 1.54) is 0 Å². The van der Waals surface area contributed by atoms with Crippen LogP contribution < -0.4 is 15.8 Å². The average Bonchev–Trinajstić information content (AvgIpc) is 2.62. The molecule has 152 valence electrons. The van der Waals surface area contributed by atoms with E-state index in [1.54, 1.807) is 0 Å². The van der Waals surface area contributed by atoms with Gasteiger partial charge in [-0.05, 0) is 63.1 Å². The maximum absolute atomic E-state index is 12.1. The van der Waals surface area contributed by atoms with Crippen LogP contribution in [-0.2, 0) is 4.79 Å². The number of hydrogen-bond acceptors (Lipinski definition) is 4. The van der Waals surface area contributed by atoms with Crippen LogP contribution in [0.1, 0.15) is 64.5 Å². The number of fused-ring (bicyclic) bond motifs is 1. The number of aryl methyl sites for hydroxylation is 1. The number of pyridine rings is 1. The highest BCUT2D eigenvalue weighted by atomic mass is 16.5. The maximum atomic E-state index is 12.1. The minimum Gasteiger partial charge on any atom is -0.490 e. The number of hydrogen-bond donors (Lipinski definition) is 2. The van der Waals surface area contributed by atoms with Crippen molar-refractivity contribution in [2.75, 3.05) is 5.73 Å². The largest absolute Gasteiger partial charge is 0.490 e. The Bertz CT molecular complexity index is 811. The molecule has 1 aromatic heterocycles. The molecule has 5 nitrogen and oxygen atoms in total. The number of carbonyl (C=O) groups excluding carboxylic acids is 1. The van der Waals surface area contributed by atoms with E-state index in [9.17, 15) is 4.79 Å². The highest BCUT2D eigenvalue weighted by molar-refractivity contribution is 5.95. The average molecular weight is 384 g/mol. The number of ether oxygens (including phenoxy) is 1. The standard InChI is InChI=1S/C23H33N3O2/c1-15(2)6-4-9-22(27)26-17-10-12-18(13-11-17)28-21-8-5-7-20-23(21)19(24)14-16(3)25-20/h5,7-8,14-15,17-18H,4,6,9-13H2,1-3H3,(H2,24,25)(H,26,27)/t17-,18-. The van der Waals surface area contributed by atoms with Crippen molar-refractivity contribution in [3.05, 3.63) is 30.0 Å². The van der Waals surface area contributed by atoms with Gasteiger partial charge in [-0.25, -0.2) is 0 Å². The van der Waals surface area contributed by atoms with Crippen molar-refractivity contribution in [3.8, 4) is 5.75 Å². The van der Waals surface area contributed by atoms with Crippen LogP contribution in [0.5, 0.6) is 5.75 Å². The van der Waals surface area contributed by atoms with Crippen LogP contribution in [0, 0.1) is 12.8 Å². The SMILES string of the molecule is Cc1cc(N)c2c(O[C@H]3CC[C@H](NC(=O)CCCC(C)C)CC3)cccc2n1. The number of anilines is 1. The molecule has 3 rings (SSSR count). The maximum Gasteiger partial charge on any atom is 0.220 e. The van der Waals surface area contributed by atoms with Gasteiger partial charge in [0, 0.05) is 23.8 Å². The minimum absolute atomic E-state index is 0.153. The van der Waals surface area contributed by atoms with E-state index in [-0.39, 0.29) is 18.1 Å². The summed E-state index contributed by atoms with van der Waals surface area (Å²) >= 11 is 0. The number of nitrogens with two attached hydrogens (primary N) is 1. The molecule has 0 radical (unpaired) electrons. The Hall–Kier alpha value is -2.30. The van der Waals surface area contributed by atoms with Gasteiger partial charge in [0.15, 0.2) is 0 Å². The monoisotopic (exact) mass is 383 g/mol. The number of carbonyl (C=O) groups is 1. The number of benzene rings is 1. The van der Waals surface area contributed by atoms with Crippen molar-refractivity contribution in [2.45, 2.75) is 77.9 Å². The van der Waals surface area contributed by atoms with Crippen LogP contribution in [0.25, 0.3) is 10.9 Å². The highest BCUT2D eigenvalue weighted by Gasteiger charge is 2.24. The summed E-state index contributed by atoms with van der Waals surface area (Å²) in [6, 6.07) is 8.07. The first-order chi connectivity index (χ1) is 13.4. The molecule has 1 amide bonds. The van der Waals surface area contributed by atoms with Crippen LogP contribution in [0.15, 0.2) is 24.3 Å². The number of rotatable bonds is 7. The second-order valence-electron chi connectivity index (χ2n) is 8.45. The molecule has 3 N–H and O–H groups in total. The summed E-state index contributed by atoms with van der Waals surface area (Å²) in [6.45, 7) is 6.33. The van der Waals surface area contributed by atoms with Crippen LogP contribution in [0.4, 0.5) is 5.69 Å². The molecule has 2 aromatic rings. The van der Waals surface area contributed by atoms with Crippen molar-refractivity contribution in [1.29, 1.82) is 0 Å². The zero-order valence-electron chi connectivity index (χ0n) is 17.3. The fourth-order valence-corrected chi connectivity index (χ4v) is 4.00. The summed E-state index contributed by atoms with van der Waals surface area (Å²) in [6.07, 6.45) is 6.65. The molecule has 1 heterocycles. The summed E-state index contributed by atoms with van der Waals surface area (Å²) in [5.41, 5.74) is 8.72. The lowest BCUT2D eigenvalue weighted by atomic mass is 9.92. The van der Waals surface area contributed by atoms with E-state index in [4.69, 9.17) is 10.5 Å². The highest BCUT2D eigenvalue weighted by Crippen LogP contribution is 2.33. The summed E-state index contributed by atoms with van der Waals surface area (Å²) in [4.78, 5) is 16.7. The zero-order chi connectivity index (χ0) is 20.1. The van der Waals surface area contributed by atoms with E-state index < -0.39 is 0 Å². The first-order valence-electron chi connectivity index (χ1n) is 10.5. The summed E-state index contributed by atoms with van der Waals surface area (Å²) in [5.74, 6) is 1.65. The molecule has 0 unspecified atom stereocenters. The second-order valence-corrected chi connectivity index (χ2v) is 8.45. The number of nitrogens with one attached hydrogen (secondary N) is 1. The van der Waals surface area contributed by atoms with Crippen LogP contribution in [0.3, 0.4) is 0 Å². The second kappa shape index (κ2) is 9.26. The lowest BCUT2D eigenvalue weighted by molar-refractivity contribution is -0.122. The van der Waals surface area contributed by atoms with Gasteiger partial charge in [0.05, 0.1) is 17.0 Å². The van der Waals surface area contributed by atoms with Gasteiger partial charge in [-0.1, -0.05) is 26.3 Å². The molecule has 1 aliphatic rings. The van der Waals surface area contributed by atoms with Crippen molar-refractivity contribution in [1.82, 2.24) is 10.3 Å². The van der Waals surface area contributed by atoms with E-state index in [0.29, 0.717) is 18.0 Å². The number of nitrogen functional groups attached to an aromatic ring is 1. The van der Waals surface area contributed by atoms with E-state index in [1.807, 2.05) is 31.2 Å². The lowest BCUT2D eigenvalue weighted by Crippen LogP contribution is -2.39. The van der Waals surface area contributed by atoms with Crippen LogP contribution in [-0.4, -0.2) is 23.0 Å². The molecule has 5 heteroatoms. The minimum atomic E-state index is 0.153. The van der Waals surface area contributed by atoms with E-state index in [0.717, 1.165) is 60.9 Å². The van der Waals surface area contributed by atoms with Gasteiger partial charge in [-0.3, -0.25) is 9.78 Å². The molecule has 0 spiro atoms. The van der Waals surface area contributed by atoms with Gasteiger partial charge in [-0.2, -0.15) is 0 Å². The van der Waals surface area contributed by atoms with Gasteiger partial charge < -0.3 is 15.8 Å². The van der Waals surface area contributed by atoms with Crippen LogP contribution in [0.2, 0.25) is 0 Å². The van der Waals surface area contributed by atoms with Crippen molar-refractivity contribution in [3.63, 3.8) is 0 Å². The molecule has 0 saturated heterocycles. The molecule has 1 fully saturated rings. The smallest absolute Gasteiger partial charge is 0.220 e. The third-order valence-electron chi connectivity index (χ3n) is 5.47. The first-order valence-corrected chi connectivity index (χ1v) is 10.5. The Labute approximate surface area is 168 Å². The Kier molecular flexibility index (Phi) is 6.76. The van der Waals surface area contributed by atoms with Crippen molar-refractivity contribution >= 4 is 22.5 Å². The molecule has 0 atom stereocenters. The van der Waals surface area contributed by atoms with Gasteiger partial charge in [0.2, 0.25) is 5.91 Å². The van der Waals surface area contributed by atoms with Gasteiger partial charge in [-0.15, -0.1) is 0 Å². The molecule has 1 saturated carbocycles. The van der Waals surface area contributed by atoms with Crippen molar-refractivity contribution in [2.24, 2.45) is 5.92 Å². The Morgan fingerprint density at radius 2 is 2.04 bits per heavy atom.